The van der Waals surface area contributed by atoms with Gasteiger partial charge in [-0.1, -0.05) is 18.2 Å². The smallest absolute Gasteiger partial charge is 0.260 e. The van der Waals surface area contributed by atoms with Crippen molar-refractivity contribution in [1.82, 2.24) is 4.98 Å². The first-order chi connectivity index (χ1) is 11.1. The summed E-state index contributed by atoms with van der Waals surface area (Å²) in [6.45, 7) is 1.80. The number of methoxy groups -OCH3 is 1. The van der Waals surface area contributed by atoms with Gasteiger partial charge in [0.2, 0.25) is 0 Å². The van der Waals surface area contributed by atoms with Gasteiger partial charge in [0.15, 0.2) is 5.78 Å². The van der Waals surface area contributed by atoms with Crippen LogP contribution in [0.1, 0.15) is 21.5 Å². The van der Waals surface area contributed by atoms with Crippen molar-refractivity contribution in [2.75, 3.05) is 7.11 Å². The van der Waals surface area contributed by atoms with Crippen LogP contribution in [0.15, 0.2) is 46.6 Å². The van der Waals surface area contributed by atoms with Gasteiger partial charge in [-0.2, -0.15) is 0 Å². The molecule has 0 amide bonds. The molecule has 0 radical (unpaired) electrons. The number of carbonyl (C=O) groups is 1. The van der Waals surface area contributed by atoms with Crippen molar-refractivity contribution >= 4 is 33.4 Å². The fourth-order valence-electron chi connectivity index (χ4n) is 2.44. The van der Waals surface area contributed by atoms with Crippen LogP contribution in [0.2, 0.25) is 0 Å². The third-order valence-electron chi connectivity index (χ3n) is 3.69. The van der Waals surface area contributed by atoms with Crippen LogP contribution < -0.4 is 10.3 Å². The number of ether oxygens (including phenoxy) is 1. The monoisotopic (exact) mass is 325 g/mol. The molecule has 0 bridgehead atoms. The Morgan fingerprint density at radius 3 is 2.65 bits per heavy atom. The first-order valence-electron chi connectivity index (χ1n) is 7.06. The van der Waals surface area contributed by atoms with Gasteiger partial charge in [0.1, 0.15) is 10.6 Å². The minimum atomic E-state index is -0.346. The van der Waals surface area contributed by atoms with Crippen molar-refractivity contribution in [3.63, 3.8) is 0 Å². The van der Waals surface area contributed by atoms with E-state index in [-0.39, 0.29) is 16.9 Å². The Kier molecular flexibility index (Phi) is 4.12. The number of aromatic nitrogens is 1. The third kappa shape index (κ3) is 2.96. The first-order valence-corrected chi connectivity index (χ1v) is 7.94. The second-order valence-electron chi connectivity index (χ2n) is 5.09. The van der Waals surface area contributed by atoms with Crippen molar-refractivity contribution in [2.24, 2.45) is 0 Å². The minimum Gasteiger partial charge on any atom is -0.497 e. The number of thiophene rings is 1. The molecule has 0 aliphatic carbocycles. The normalized spacial score (nSPS) is 11.2. The Balaban J connectivity index is 1.93. The van der Waals surface area contributed by atoms with E-state index in [1.807, 2.05) is 35.7 Å². The van der Waals surface area contributed by atoms with Gasteiger partial charge in [-0.3, -0.25) is 9.59 Å². The van der Waals surface area contributed by atoms with Crippen molar-refractivity contribution in [1.29, 1.82) is 0 Å². The molecule has 0 atom stereocenters. The van der Waals surface area contributed by atoms with Crippen molar-refractivity contribution < 1.29 is 9.53 Å². The zero-order chi connectivity index (χ0) is 16.4. The number of carbonyl (C=O) groups excluding carboxylic acids is 1. The standard InChI is InChI=1S/C18H15NO3S/c1-11-14-9-10-23-18(14)19-17(21)16(11)15(20)8-5-12-3-6-13(22-2)7-4-12/h3-10H,1-2H3,(H,19,21)/b8-5+. The van der Waals surface area contributed by atoms with Crippen molar-refractivity contribution in [3.05, 3.63) is 68.8 Å². The highest BCUT2D eigenvalue weighted by Gasteiger charge is 2.14. The van der Waals surface area contributed by atoms with Crippen LogP contribution in [-0.2, 0) is 0 Å². The summed E-state index contributed by atoms with van der Waals surface area (Å²) in [5.41, 5.74) is 1.43. The molecule has 0 aliphatic heterocycles. The lowest BCUT2D eigenvalue weighted by Crippen LogP contribution is -2.18. The predicted molar refractivity (Wildman–Crippen MR) is 93.5 cm³/mol. The van der Waals surface area contributed by atoms with Crippen LogP contribution in [-0.4, -0.2) is 17.9 Å². The summed E-state index contributed by atoms with van der Waals surface area (Å²) in [5.74, 6) is 0.455. The Labute approximate surface area is 137 Å². The number of hydrogen-bond acceptors (Lipinski definition) is 4. The molecule has 1 aromatic carbocycles. The van der Waals surface area contributed by atoms with Crippen LogP contribution in [0.4, 0.5) is 0 Å². The number of allylic oxidation sites excluding steroid dienone is 1. The number of benzene rings is 1. The van der Waals surface area contributed by atoms with E-state index in [1.165, 1.54) is 17.4 Å². The molecule has 0 saturated heterocycles. The van der Waals surface area contributed by atoms with Crippen LogP contribution in [0.3, 0.4) is 0 Å². The van der Waals surface area contributed by atoms with E-state index in [0.29, 0.717) is 0 Å². The molecular formula is C18H15NO3S. The molecule has 0 spiro atoms. The summed E-state index contributed by atoms with van der Waals surface area (Å²) < 4.78 is 5.09. The second kappa shape index (κ2) is 6.22. The average molecular weight is 325 g/mol. The van der Waals surface area contributed by atoms with E-state index in [1.54, 1.807) is 20.1 Å². The van der Waals surface area contributed by atoms with E-state index in [9.17, 15) is 9.59 Å². The molecule has 2 heterocycles. The number of rotatable bonds is 4. The number of fused-ring (bicyclic) bond motifs is 1. The van der Waals surface area contributed by atoms with E-state index in [4.69, 9.17) is 4.74 Å². The quantitative estimate of drug-likeness (QED) is 0.586. The van der Waals surface area contributed by atoms with Crippen LogP contribution >= 0.6 is 11.3 Å². The zero-order valence-corrected chi connectivity index (χ0v) is 13.6. The molecule has 0 saturated carbocycles. The van der Waals surface area contributed by atoms with Gasteiger partial charge in [-0.15, -0.1) is 11.3 Å². The molecule has 5 heteroatoms. The molecule has 2 aromatic heterocycles. The molecule has 23 heavy (non-hydrogen) atoms. The van der Waals surface area contributed by atoms with Gasteiger partial charge in [-0.25, -0.2) is 0 Å². The predicted octanol–water partition coefficient (Wildman–Crippen LogP) is 3.80. The lowest BCUT2D eigenvalue weighted by atomic mass is 10.0. The zero-order valence-electron chi connectivity index (χ0n) is 12.8. The fourth-order valence-corrected chi connectivity index (χ4v) is 3.28. The first kappa shape index (κ1) is 15.2. The molecule has 0 unspecified atom stereocenters. The van der Waals surface area contributed by atoms with Gasteiger partial charge < -0.3 is 9.72 Å². The summed E-state index contributed by atoms with van der Waals surface area (Å²) in [6.07, 6.45) is 3.12. The van der Waals surface area contributed by atoms with E-state index >= 15 is 0 Å². The highest BCUT2D eigenvalue weighted by molar-refractivity contribution is 7.16. The highest BCUT2D eigenvalue weighted by atomic mass is 32.1. The van der Waals surface area contributed by atoms with Gasteiger partial charge in [-0.05, 0) is 47.7 Å². The molecule has 1 N–H and O–H groups in total. The summed E-state index contributed by atoms with van der Waals surface area (Å²) in [4.78, 5) is 28.1. The number of aryl methyl sites for hydroxylation is 1. The van der Waals surface area contributed by atoms with Crippen LogP contribution in [0.5, 0.6) is 5.75 Å². The summed E-state index contributed by atoms with van der Waals surface area (Å²) in [5, 5.41) is 2.81. The van der Waals surface area contributed by atoms with E-state index in [0.717, 1.165) is 27.1 Å². The van der Waals surface area contributed by atoms with Gasteiger partial charge in [0.25, 0.3) is 5.56 Å². The van der Waals surface area contributed by atoms with E-state index in [2.05, 4.69) is 4.98 Å². The molecular weight excluding hydrogens is 310 g/mol. The maximum absolute atomic E-state index is 12.4. The summed E-state index contributed by atoms with van der Waals surface area (Å²) in [6, 6.07) is 9.25. The molecule has 116 valence electrons. The maximum atomic E-state index is 12.4. The van der Waals surface area contributed by atoms with E-state index < -0.39 is 0 Å². The van der Waals surface area contributed by atoms with Gasteiger partial charge in [0, 0.05) is 5.39 Å². The van der Waals surface area contributed by atoms with Crippen LogP contribution in [0, 0.1) is 6.92 Å². The molecule has 4 nitrogen and oxygen atoms in total. The average Bonchev–Trinajstić information content (AvgIpc) is 3.02. The Hall–Kier alpha value is -2.66. The Bertz CT molecular complexity index is 949. The SMILES string of the molecule is COc1ccc(/C=C/C(=O)c2c(C)c3ccsc3[nH]c2=O)cc1. The van der Waals surface area contributed by atoms with Gasteiger partial charge in [0.05, 0.1) is 12.7 Å². The topological polar surface area (TPSA) is 59.2 Å². The lowest BCUT2D eigenvalue weighted by molar-refractivity contribution is 0.104. The number of hydrogen-bond donors (Lipinski definition) is 1. The molecule has 0 aliphatic rings. The molecule has 0 fully saturated rings. The summed E-state index contributed by atoms with van der Waals surface area (Å²) >= 11 is 1.45. The number of ketones is 1. The van der Waals surface area contributed by atoms with Crippen LogP contribution in [0.25, 0.3) is 16.3 Å². The lowest BCUT2D eigenvalue weighted by Gasteiger charge is -2.03. The number of H-pyrrole nitrogens is 1. The highest BCUT2D eigenvalue weighted by Crippen LogP contribution is 2.22. The Morgan fingerprint density at radius 1 is 1.22 bits per heavy atom. The number of pyridine rings is 1. The largest absolute Gasteiger partial charge is 0.497 e. The molecule has 3 rings (SSSR count). The minimum absolute atomic E-state index is 0.195. The summed E-state index contributed by atoms with van der Waals surface area (Å²) in [7, 11) is 1.60. The third-order valence-corrected chi connectivity index (χ3v) is 4.52. The number of nitrogens with one attached hydrogen (secondary N) is 1. The second-order valence-corrected chi connectivity index (χ2v) is 6.00. The van der Waals surface area contributed by atoms with Gasteiger partial charge >= 0.3 is 0 Å². The van der Waals surface area contributed by atoms with Crippen molar-refractivity contribution in [3.8, 4) is 5.75 Å². The fraction of sp³-hybridized carbons (Fsp3) is 0.111. The van der Waals surface area contributed by atoms with Crippen molar-refractivity contribution in [2.45, 2.75) is 6.92 Å². The number of aromatic amines is 1. The maximum Gasteiger partial charge on any atom is 0.260 e. The molecule has 3 aromatic rings. The Morgan fingerprint density at radius 2 is 1.96 bits per heavy atom.